The number of nitrogens with two attached hydrogens (primary N) is 1. The summed E-state index contributed by atoms with van der Waals surface area (Å²) in [7, 11) is 0. The van der Waals surface area contributed by atoms with Gasteiger partial charge in [0.25, 0.3) is 5.91 Å². The van der Waals surface area contributed by atoms with Crippen LogP contribution in [0.15, 0.2) is 66.9 Å². The number of hydrogen-bond acceptors (Lipinski definition) is 4. The maximum absolute atomic E-state index is 13.8. The van der Waals surface area contributed by atoms with Crippen molar-refractivity contribution < 1.29 is 35.5 Å². The zero-order chi connectivity index (χ0) is 27.0. The molecule has 0 spiro atoms. The smallest absolute Gasteiger partial charge is 0.366 e. The molecule has 190 valence electrons. The standard InChI is InChI=1S/C24H14F7N5O/c25-19-10-9-13(11-33-19)16(20(32)37)12-36-22(15-6-2-4-8-18(15)24(29,30)31)34-21(35-36)14-5-1-3-7-17(14)23(26,27)28/h1-12H,(H2,32,37)/b16-12+. The number of carbonyl (C=O) groups excluding carboxylic acids is 1. The molecule has 2 aromatic carbocycles. The Morgan fingerprint density at radius 2 is 1.41 bits per heavy atom. The number of hydrogen-bond donors (Lipinski definition) is 1. The Morgan fingerprint density at radius 1 is 0.838 bits per heavy atom. The molecule has 0 aliphatic carbocycles. The number of alkyl halides is 6. The maximum atomic E-state index is 13.8. The number of benzene rings is 2. The first kappa shape index (κ1) is 25.5. The van der Waals surface area contributed by atoms with Gasteiger partial charge in [0, 0.05) is 29.1 Å². The Hall–Kier alpha value is -4.55. The minimum Gasteiger partial charge on any atom is -0.366 e. The number of amides is 1. The summed E-state index contributed by atoms with van der Waals surface area (Å²) in [5, 5.41) is 3.98. The second-order valence-electron chi connectivity index (χ2n) is 7.57. The summed E-state index contributed by atoms with van der Waals surface area (Å²) in [4.78, 5) is 19.6. The van der Waals surface area contributed by atoms with Crippen LogP contribution in [0.25, 0.3) is 34.5 Å². The average Bonchev–Trinajstić information content (AvgIpc) is 3.26. The van der Waals surface area contributed by atoms with Crippen molar-refractivity contribution >= 4 is 17.7 Å². The predicted molar refractivity (Wildman–Crippen MR) is 118 cm³/mol. The largest absolute Gasteiger partial charge is 0.417 e. The van der Waals surface area contributed by atoms with Crippen molar-refractivity contribution in [1.29, 1.82) is 0 Å². The molecule has 37 heavy (non-hydrogen) atoms. The quantitative estimate of drug-likeness (QED) is 0.208. The molecule has 0 atom stereocenters. The third-order valence-electron chi connectivity index (χ3n) is 5.13. The summed E-state index contributed by atoms with van der Waals surface area (Å²) in [6.45, 7) is 0. The lowest BCUT2D eigenvalue weighted by Crippen LogP contribution is -2.15. The van der Waals surface area contributed by atoms with E-state index in [1.165, 1.54) is 12.1 Å². The fourth-order valence-electron chi connectivity index (χ4n) is 3.50. The minimum atomic E-state index is -4.85. The summed E-state index contributed by atoms with van der Waals surface area (Å²) in [5.74, 6) is -3.04. The third-order valence-corrected chi connectivity index (χ3v) is 5.13. The lowest BCUT2D eigenvalue weighted by molar-refractivity contribution is -0.137. The first-order valence-electron chi connectivity index (χ1n) is 10.3. The van der Waals surface area contributed by atoms with Crippen LogP contribution in [-0.4, -0.2) is 25.7 Å². The van der Waals surface area contributed by atoms with Gasteiger partial charge in [-0.15, -0.1) is 5.10 Å². The zero-order valence-corrected chi connectivity index (χ0v) is 18.3. The van der Waals surface area contributed by atoms with Gasteiger partial charge in [-0.1, -0.05) is 36.4 Å². The van der Waals surface area contributed by atoms with Gasteiger partial charge < -0.3 is 5.73 Å². The molecule has 2 aromatic heterocycles. The van der Waals surface area contributed by atoms with E-state index in [1.54, 1.807) is 0 Å². The van der Waals surface area contributed by atoms with E-state index < -0.39 is 58.1 Å². The van der Waals surface area contributed by atoms with E-state index in [9.17, 15) is 35.5 Å². The highest BCUT2D eigenvalue weighted by atomic mass is 19.4. The van der Waals surface area contributed by atoms with Crippen LogP contribution in [0.1, 0.15) is 16.7 Å². The summed E-state index contributed by atoms with van der Waals surface area (Å²) in [6, 6.07) is 10.5. The Morgan fingerprint density at radius 3 is 1.95 bits per heavy atom. The van der Waals surface area contributed by atoms with Gasteiger partial charge >= 0.3 is 12.4 Å². The van der Waals surface area contributed by atoms with Crippen molar-refractivity contribution in [2.24, 2.45) is 5.73 Å². The van der Waals surface area contributed by atoms with Crippen LogP contribution < -0.4 is 5.73 Å². The second kappa shape index (κ2) is 9.48. The molecule has 13 heteroatoms. The number of nitrogens with zero attached hydrogens (tertiary/aromatic N) is 4. The van der Waals surface area contributed by atoms with E-state index in [4.69, 9.17) is 5.73 Å². The number of pyridine rings is 1. The van der Waals surface area contributed by atoms with Crippen LogP contribution in [0.4, 0.5) is 30.7 Å². The molecular formula is C24H14F7N5O. The molecular weight excluding hydrogens is 507 g/mol. The van der Waals surface area contributed by atoms with E-state index >= 15 is 0 Å². The van der Waals surface area contributed by atoms with Crippen molar-refractivity contribution in [3.63, 3.8) is 0 Å². The monoisotopic (exact) mass is 521 g/mol. The van der Waals surface area contributed by atoms with Crippen molar-refractivity contribution in [2.75, 3.05) is 0 Å². The number of primary amides is 1. The minimum absolute atomic E-state index is 0.0169. The summed E-state index contributed by atoms with van der Waals surface area (Å²) >= 11 is 0. The van der Waals surface area contributed by atoms with Crippen molar-refractivity contribution in [2.45, 2.75) is 12.4 Å². The molecule has 0 aliphatic rings. The fraction of sp³-hybridized carbons (Fsp3) is 0.0833. The summed E-state index contributed by atoms with van der Waals surface area (Å²) in [6.07, 6.45) is -7.83. The molecule has 1 amide bonds. The highest BCUT2D eigenvalue weighted by Gasteiger charge is 2.37. The molecule has 0 saturated heterocycles. The highest BCUT2D eigenvalue weighted by Crippen LogP contribution is 2.39. The Kier molecular flexibility index (Phi) is 6.55. The van der Waals surface area contributed by atoms with E-state index in [1.807, 2.05) is 0 Å². The van der Waals surface area contributed by atoms with Crippen LogP contribution >= 0.6 is 0 Å². The van der Waals surface area contributed by atoms with Gasteiger partial charge in [0.15, 0.2) is 11.6 Å². The van der Waals surface area contributed by atoms with Crippen LogP contribution in [0, 0.1) is 5.95 Å². The summed E-state index contributed by atoms with van der Waals surface area (Å²) in [5.41, 5.74) is 1.76. The molecule has 0 bridgehead atoms. The average molecular weight is 521 g/mol. The molecule has 2 heterocycles. The number of rotatable bonds is 5. The maximum Gasteiger partial charge on any atom is 0.417 e. The molecule has 0 saturated carbocycles. The molecule has 4 rings (SSSR count). The van der Waals surface area contributed by atoms with Gasteiger partial charge in [-0.05, 0) is 24.3 Å². The summed E-state index contributed by atoms with van der Waals surface area (Å²) < 4.78 is 96.2. The zero-order valence-electron chi connectivity index (χ0n) is 18.3. The SMILES string of the molecule is NC(=O)/C(=C/n1nc(-c2ccccc2C(F)(F)F)nc1-c1ccccc1C(F)(F)F)c1ccc(F)nc1. The van der Waals surface area contributed by atoms with Crippen molar-refractivity contribution in [3.8, 4) is 22.8 Å². The first-order chi connectivity index (χ1) is 17.4. The van der Waals surface area contributed by atoms with Gasteiger partial charge in [-0.2, -0.15) is 30.7 Å². The lowest BCUT2D eigenvalue weighted by atomic mass is 10.1. The van der Waals surface area contributed by atoms with Crippen molar-refractivity contribution in [3.05, 3.63) is 89.5 Å². The number of carbonyl (C=O) groups is 1. The Bertz CT molecular complexity index is 1490. The molecule has 0 fully saturated rings. The van der Waals surface area contributed by atoms with Gasteiger partial charge in [0.2, 0.25) is 5.95 Å². The molecule has 0 aliphatic heterocycles. The Labute approximate surface area is 203 Å². The Balaban J connectivity index is 2.02. The van der Waals surface area contributed by atoms with E-state index in [0.29, 0.717) is 0 Å². The normalized spacial score (nSPS) is 12.6. The number of halogens is 7. The number of aromatic nitrogens is 4. The van der Waals surface area contributed by atoms with Crippen LogP contribution in [0.3, 0.4) is 0 Å². The van der Waals surface area contributed by atoms with E-state index in [2.05, 4.69) is 15.1 Å². The van der Waals surface area contributed by atoms with Crippen LogP contribution in [0.5, 0.6) is 0 Å². The molecule has 6 nitrogen and oxygen atoms in total. The van der Waals surface area contributed by atoms with Gasteiger partial charge in [0.05, 0.1) is 16.7 Å². The molecule has 4 aromatic rings. The van der Waals surface area contributed by atoms with Crippen molar-refractivity contribution in [1.82, 2.24) is 19.7 Å². The topological polar surface area (TPSA) is 86.7 Å². The molecule has 2 N–H and O–H groups in total. The molecule has 0 radical (unpaired) electrons. The van der Waals surface area contributed by atoms with E-state index in [0.717, 1.165) is 65.6 Å². The van der Waals surface area contributed by atoms with Gasteiger partial charge in [0.1, 0.15) is 0 Å². The van der Waals surface area contributed by atoms with Gasteiger partial charge in [-0.25, -0.2) is 14.6 Å². The first-order valence-corrected chi connectivity index (χ1v) is 10.3. The highest BCUT2D eigenvalue weighted by molar-refractivity contribution is 6.22. The van der Waals surface area contributed by atoms with Crippen LogP contribution in [-0.2, 0) is 17.1 Å². The van der Waals surface area contributed by atoms with E-state index in [-0.39, 0.29) is 11.1 Å². The van der Waals surface area contributed by atoms with Crippen LogP contribution in [0.2, 0.25) is 0 Å². The molecule has 0 unspecified atom stereocenters. The fourth-order valence-corrected chi connectivity index (χ4v) is 3.50. The van der Waals surface area contributed by atoms with Gasteiger partial charge in [-0.3, -0.25) is 4.79 Å². The predicted octanol–water partition coefficient (Wildman–Crippen LogP) is 5.67. The second-order valence-corrected chi connectivity index (χ2v) is 7.57. The lowest BCUT2D eigenvalue weighted by Gasteiger charge is -2.12. The third kappa shape index (κ3) is 5.34.